The summed E-state index contributed by atoms with van der Waals surface area (Å²) >= 11 is 0. The smallest absolute Gasteiger partial charge is 0.130 e. The molecule has 12 rings (SSSR count). The molecule has 0 saturated heterocycles. The number of aromatic nitrogens is 4. The van der Waals surface area contributed by atoms with Crippen molar-refractivity contribution in [1.82, 2.24) is 19.1 Å². The van der Waals surface area contributed by atoms with Crippen molar-refractivity contribution in [2.24, 2.45) is 0 Å². The van der Waals surface area contributed by atoms with Crippen molar-refractivity contribution in [1.29, 1.82) is 5.26 Å². The molecule has 73 heavy (non-hydrogen) atoms. The van der Waals surface area contributed by atoms with E-state index in [2.05, 4.69) is 154 Å². The molecule has 0 atom stereocenters. The largest absolute Gasteiger partial charge is 0.500 e. The summed E-state index contributed by atoms with van der Waals surface area (Å²) in [5.74, 6) is 1.22. The Balaban J connectivity index is 0.000000182. The van der Waals surface area contributed by atoms with Crippen LogP contribution in [0.1, 0.15) is 56.2 Å². The van der Waals surface area contributed by atoms with Gasteiger partial charge in [-0.1, -0.05) is 167 Å². The van der Waals surface area contributed by atoms with Crippen LogP contribution in [0.2, 0.25) is 19.6 Å². The minimum atomic E-state index is -1.43. The van der Waals surface area contributed by atoms with E-state index in [-0.39, 0.29) is 25.9 Å². The Morgan fingerprint density at radius 3 is 2.01 bits per heavy atom. The van der Waals surface area contributed by atoms with Crippen LogP contribution in [0.4, 0.5) is 4.39 Å². The summed E-state index contributed by atoms with van der Waals surface area (Å²) in [5, 5.41) is 15.6. The van der Waals surface area contributed by atoms with E-state index in [4.69, 9.17) is 14.4 Å². The summed E-state index contributed by atoms with van der Waals surface area (Å²) < 4.78 is 24.7. The predicted octanol–water partition coefficient (Wildman–Crippen LogP) is 16.5. The van der Waals surface area contributed by atoms with E-state index in [0.29, 0.717) is 28.6 Å². The zero-order chi connectivity index (χ0) is 49.8. The number of pyridine rings is 1. The van der Waals surface area contributed by atoms with Crippen molar-refractivity contribution in [3.05, 3.63) is 211 Å². The summed E-state index contributed by atoms with van der Waals surface area (Å²) in [6, 6.07) is 65.6. The number of fused-ring (bicyclic) bond motifs is 7. The third-order valence-corrected chi connectivity index (χ3v) is 15.8. The Kier molecular flexibility index (Phi) is 13.2. The summed E-state index contributed by atoms with van der Waals surface area (Å²) in [6.45, 7) is 16.0. The number of para-hydroxylation sites is 4. The van der Waals surface area contributed by atoms with Gasteiger partial charge in [-0.15, -0.1) is 48.0 Å². The molecule has 0 bridgehead atoms. The molecule has 0 amide bonds. The van der Waals surface area contributed by atoms with Crippen LogP contribution in [-0.2, 0) is 20.1 Å². The molecule has 12 aromatic rings. The van der Waals surface area contributed by atoms with Crippen LogP contribution in [0, 0.1) is 29.3 Å². The molecule has 0 spiro atoms. The van der Waals surface area contributed by atoms with Crippen molar-refractivity contribution >= 4 is 68.0 Å². The second-order valence-electron chi connectivity index (χ2n) is 20.1. The zero-order valence-electron chi connectivity index (χ0n) is 41.8. The summed E-state index contributed by atoms with van der Waals surface area (Å²) in [5.41, 5.74) is 15.1. The third-order valence-electron chi connectivity index (χ3n) is 13.7. The van der Waals surface area contributed by atoms with Gasteiger partial charge in [0.25, 0.3) is 0 Å². The molecule has 0 fully saturated rings. The molecule has 0 aliphatic heterocycles. The molecule has 361 valence electrons. The van der Waals surface area contributed by atoms with Crippen LogP contribution in [0.3, 0.4) is 0 Å². The maximum atomic E-state index is 13.5. The van der Waals surface area contributed by atoms with Gasteiger partial charge in [0.1, 0.15) is 5.58 Å². The molecule has 8 aromatic carbocycles. The normalized spacial score (nSPS) is 11.7. The minimum absolute atomic E-state index is 0. The van der Waals surface area contributed by atoms with E-state index in [9.17, 15) is 9.65 Å². The molecule has 0 aliphatic carbocycles. The number of nitriles is 1. The van der Waals surface area contributed by atoms with Gasteiger partial charge in [-0.05, 0) is 70.6 Å². The maximum absolute atomic E-state index is 13.5. The number of furan rings is 1. The third kappa shape index (κ3) is 8.80. The molecule has 4 heterocycles. The van der Waals surface area contributed by atoms with Crippen LogP contribution in [0.25, 0.3) is 99.9 Å². The standard InChI is InChI=1S/C39H28N3OSi.C25H24FN2.Ir/c1-44(2,3)28-19-17-27(18-20-28)42-35-15-8-7-12-29(35)33-24-41-34(22-36(33)42)32-14-9-13-30-31-21-16-26(23-40)37(39(31)43-38(30)32)25-10-5-4-6-11-25;1-16(2)20-8-7-9-21(17(3)4)24(20)28-23-11-6-5-10-22(23)27-25(28)18-12-14-19(26)15-13-18;/h4-13,15-22,24H,1-3H3;5-12,14-17H,1-4H3;/q2*-1;. The number of rotatable bonds is 8. The van der Waals surface area contributed by atoms with Gasteiger partial charge in [-0.2, -0.15) is 5.26 Å². The summed E-state index contributed by atoms with van der Waals surface area (Å²) in [6.07, 6.45) is 1.97. The van der Waals surface area contributed by atoms with Crippen LogP contribution >= 0.6 is 0 Å². The van der Waals surface area contributed by atoms with Crippen LogP contribution in [0.15, 0.2) is 180 Å². The predicted molar refractivity (Wildman–Crippen MR) is 297 cm³/mol. The maximum Gasteiger partial charge on any atom is 0.130 e. The average molecular weight is 1150 g/mol. The number of hydrogen-bond acceptors (Lipinski definition) is 4. The van der Waals surface area contributed by atoms with Gasteiger partial charge >= 0.3 is 0 Å². The first-order valence-electron chi connectivity index (χ1n) is 24.5. The van der Waals surface area contributed by atoms with E-state index in [1.54, 1.807) is 6.07 Å². The zero-order valence-corrected chi connectivity index (χ0v) is 45.1. The molecule has 6 nitrogen and oxygen atoms in total. The number of benzene rings is 8. The molecular formula is C64H52FIrN5OSi-2. The van der Waals surface area contributed by atoms with E-state index in [0.717, 1.165) is 77.7 Å². The van der Waals surface area contributed by atoms with Gasteiger partial charge in [-0.25, -0.2) is 0 Å². The van der Waals surface area contributed by atoms with Crippen molar-refractivity contribution in [3.63, 3.8) is 0 Å². The van der Waals surface area contributed by atoms with Gasteiger partial charge in [0.15, 0.2) is 0 Å². The molecular weight excluding hydrogens is 1090 g/mol. The number of hydrogen-bond donors (Lipinski definition) is 0. The van der Waals surface area contributed by atoms with Crippen LogP contribution < -0.4 is 5.19 Å². The fraction of sp³-hybridized carbons (Fsp3) is 0.141. The van der Waals surface area contributed by atoms with E-state index in [1.165, 1.54) is 39.5 Å². The van der Waals surface area contributed by atoms with Gasteiger partial charge in [0, 0.05) is 70.7 Å². The van der Waals surface area contributed by atoms with Crippen LogP contribution in [0.5, 0.6) is 0 Å². The molecule has 0 aliphatic rings. The minimum Gasteiger partial charge on any atom is -0.500 e. The Labute approximate surface area is 439 Å². The first kappa shape index (κ1) is 48.9. The quantitative estimate of drug-likeness (QED) is 0.112. The van der Waals surface area contributed by atoms with E-state index in [1.807, 2.05) is 79.0 Å². The molecule has 0 N–H and O–H groups in total. The first-order valence-corrected chi connectivity index (χ1v) is 28.0. The molecule has 0 saturated carbocycles. The molecule has 9 heteroatoms. The Hall–Kier alpha value is -7.73. The second-order valence-corrected chi connectivity index (χ2v) is 25.1. The van der Waals surface area contributed by atoms with Gasteiger partial charge in [-0.3, -0.25) is 9.37 Å². The Morgan fingerprint density at radius 2 is 1.33 bits per heavy atom. The van der Waals surface area contributed by atoms with Crippen molar-refractivity contribution in [2.45, 2.75) is 59.2 Å². The summed E-state index contributed by atoms with van der Waals surface area (Å²) in [7, 11) is -1.43. The van der Waals surface area contributed by atoms with E-state index < -0.39 is 8.07 Å². The van der Waals surface area contributed by atoms with Gasteiger partial charge in [0.2, 0.25) is 0 Å². The monoisotopic (exact) mass is 1150 g/mol. The fourth-order valence-electron chi connectivity index (χ4n) is 10.1. The molecule has 0 unspecified atom stereocenters. The topological polar surface area (TPSA) is 72.6 Å². The second kappa shape index (κ2) is 19.7. The number of imidazole rings is 1. The van der Waals surface area contributed by atoms with Crippen molar-refractivity contribution in [3.8, 4) is 51.2 Å². The summed E-state index contributed by atoms with van der Waals surface area (Å²) in [4.78, 5) is 9.86. The van der Waals surface area contributed by atoms with Crippen molar-refractivity contribution in [2.75, 3.05) is 0 Å². The Morgan fingerprint density at radius 1 is 0.644 bits per heavy atom. The van der Waals surface area contributed by atoms with Crippen LogP contribution in [-0.4, -0.2) is 27.2 Å². The first-order chi connectivity index (χ1) is 34.9. The number of halogens is 1. The van der Waals surface area contributed by atoms with Gasteiger partial charge in [0.05, 0.1) is 47.7 Å². The number of nitrogens with zero attached hydrogens (tertiary/aromatic N) is 5. The Bertz CT molecular complexity index is 4020. The van der Waals surface area contributed by atoms with Gasteiger partial charge < -0.3 is 18.5 Å². The fourth-order valence-corrected chi connectivity index (χ4v) is 11.3. The molecule has 4 aromatic heterocycles. The average Bonchev–Trinajstić information content (AvgIpc) is 4.08. The SMILES string of the molecule is CC(C)c1cccc(C(C)C)c1-n1c(-c2[c-]cc(F)cc2)nc2ccccc21.C[Si](C)(C)c1ccc(-n2c3ccccc3c3cnc(-c4[c-]ccc5c4oc4c(-c6ccccc6)c(C#N)ccc45)cc32)cc1.[Ir]. The van der Waals surface area contributed by atoms with E-state index >= 15 is 0 Å². The molecule has 1 radical (unpaired) electrons. The van der Waals surface area contributed by atoms with Crippen molar-refractivity contribution < 1.29 is 28.9 Å².